The molecule has 5 nitrogen and oxygen atoms in total. The van der Waals surface area contributed by atoms with E-state index in [9.17, 15) is 5.26 Å². The topological polar surface area (TPSA) is 68.0 Å². The Kier molecular flexibility index (Phi) is 5.27. The van der Waals surface area contributed by atoms with Gasteiger partial charge in [0.1, 0.15) is 17.6 Å². The largest absolute Gasteiger partial charge is 0.497 e. The van der Waals surface area contributed by atoms with Crippen LogP contribution in [0.15, 0.2) is 42.6 Å². The quantitative estimate of drug-likeness (QED) is 0.631. The molecular weight excluding hydrogens is 373 g/mol. The molecule has 130 valence electrons. The summed E-state index contributed by atoms with van der Waals surface area (Å²) in [6, 6.07) is 12.5. The van der Waals surface area contributed by atoms with Crippen molar-refractivity contribution in [1.29, 1.82) is 5.26 Å². The van der Waals surface area contributed by atoms with Crippen molar-refractivity contribution in [2.24, 2.45) is 0 Å². The Balaban J connectivity index is 2.19. The van der Waals surface area contributed by atoms with Crippen LogP contribution >= 0.6 is 23.2 Å². The lowest BCUT2D eigenvalue weighted by Gasteiger charge is -2.10. The average Bonchev–Trinajstić information content (AvgIpc) is 2.67. The number of nitrogens with zero attached hydrogens (tertiary/aromatic N) is 3. The van der Waals surface area contributed by atoms with Gasteiger partial charge in [0.2, 0.25) is 0 Å². The Bertz CT molecular complexity index is 994. The Morgan fingerprint density at radius 2 is 1.69 bits per heavy atom. The highest BCUT2D eigenvalue weighted by Crippen LogP contribution is 2.33. The van der Waals surface area contributed by atoms with Crippen LogP contribution in [0.3, 0.4) is 0 Å². The molecule has 1 heterocycles. The fraction of sp³-hybridized carbons (Fsp3) is 0.105. The fourth-order valence-corrected chi connectivity index (χ4v) is 2.92. The normalized spacial score (nSPS) is 10.3. The van der Waals surface area contributed by atoms with E-state index in [0.717, 1.165) is 0 Å². The summed E-state index contributed by atoms with van der Waals surface area (Å²) in [5.41, 5.74) is 2.04. The van der Waals surface area contributed by atoms with Crippen molar-refractivity contribution in [3.05, 3.63) is 58.2 Å². The first-order valence-electron chi connectivity index (χ1n) is 7.51. The second kappa shape index (κ2) is 7.61. The lowest BCUT2D eigenvalue weighted by molar-refractivity contribution is 0.394. The molecule has 0 aliphatic rings. The summed E-state index contributed by atoms with van der Waals surface area (Å²) in [5, 5.41) is 10.3. The molecule has 2 aromatic carbocycles. The van der Waals surface area contributed by atoms with Crippen molar-refractivity contribution in [2.75, 3.05) is 14.2 Å². The maximum atomic E-state index is 9.41. The molecule has 0 bridgehead atoms. The van der Waals surface area contributed by atoms with E-state index in [1.165, 1.54) is 6.20 Å². The molecule has 0 fully saturated rings. The number of rotatable bonds is 4. The van der Waals surface area contributed by atoms with Gasteiger partial charge in [0.25, 0.3) is 0 Å². The minimum absolute atomic E-state index is 0.313. The first kappa shape index (κ1) is 18.0. The van der Waals surface area contributed by atoms with E-state index in [4.69, 9.17) is 32.7 Å². The van der Waals surface area contributed by atoms with Gasteiger partial charge in [0, 0.05) is 28.4 Å². The van der Waals surface area contributed by atoms with E-state index in [1.807, 2.05) is 0 Å². The molecular formula is C19H13Cl2N3O2. The highest BCUT2D eigenvalue weighted by molar-refractivity contribution is 6.36. The van der Waals surface area contributed by atoms with Crippen LogP contribution < -0.4 is 9.47 Å². The number of nitriles is 1. The number of hydrogen-bond donors (Lipinski definition) is 0. The zero-order chi connectivity index (χ0) is 18.7. The van der Waals surface area contributed by atoms with Crippen molar-refractivity contribution >= 4 is 23.2 Å². The van der Waals surface area contributed by atoms with Gasteiger partial charge in [-0.3, -0.25) is 0 Å². The summed E-state index contributed by atoms with van der Waals surface area (Å²) in [6.07, 6.45) is 1.47. The molecule has 0 unspecified atom stereocenters. The number of aromatic nitrogens is 2. The molecule has 3 rings (SSSR count). The van der Waals surface area contributed by atoms with Gasteiger partial charge in [-0.05, 0) is 30.3 Å². The van der Waals surface area contributed by atoms with E-state index >= 15 is 0 Å². The third-order valence-electron chi connectivity index (χ3n) is 3.71. The van der Waals surface area contributed by atoms with E-state index in [0.29, 0.717) is 49.8 Å². The van der Waals surface area contributed by atoms with E-state index in [-0.39, 0.29) is 0 Å². The number of halogens is 2. The molecule has 0 saturated carbocycles. The Hall–Kier alpha value is -2.81. The van der Waals surface area contributed by atoms with Gasteiger partial charge in [-0.25, -0.2) is 9.97 Å². The lowest BCUT2D eigenvalue weighted by atomic mass is 10.1. The van der Waals surface area contributed by atoms with Crippen LogP contribution in [0.25, 0.3) is 22.6 Å². The molecule has 0 N–H and O–H groups in total. The van der Waals surface area contributed by atoms with Gasteiger partial charge >= 0.3 is 0 Å². The lowest BCUT2D eigenvalue weighted by Crippen LogP contribution is -1.97. The van der Waals surface area contributed by atoms with Crippen LogP contribution in [0.4, 0.5) is 0 Å². The number of hydrogen-bond acceptors (Lipinski definition) is 5. The van der Waals surface area contributed by atoms with Gasteiger partial charge in [0.15, 0.2) is 5.82 Å². The van der Waals surface area contributed by atoms with Crippen molar-refractivity contribution in [3.8, 4) is 40.2 Å². The summed E-state index contributed by atoms with van der Waals surface area (Å²) in [7, 11) is 3.13. The predicted octanol–water partition coefficient (Wildman–Crippen LogP) is 5.01. The standard InChI is InChI=1S/C19H13Cl2N3O2/c1-25-14-5-11(6-15(8-14)26-2)19-23-10-12(9-22)18(24-19)16-4-3-13(20)7-17(16)21/h3-8,10H,1-2H3. The molecule has 0 atom stereocenters. The highest BCUT2D eigenvalue weighted by Gasteiger charge is 2.15. The van der Waals surface area contributed by atoms with Crippen LogP contribution in [-0.4, -0.2) is 24.2 Å². The smallest absolute Gasteiger partial charge is 0.160 e. The fourth-order valence-electron chi connectivity index (χ4n) is 2.43. The molecule has 1 aromatic heterocycles. The van der Waals surface area contributed by atoms with Crippen LogP contribution in [0.5, 0.6) is 11.5 Å². The summed E-state index contributed by atoms with van der Waals surface area (Å²) in [4.78, 5) is 8.84. The van der Waals surface area contributed by atoms with E-state index in [2.05, 4.69) is 16.0 Å². The van der Waals surface area contributed by atoms with Crippen molar-refractivity contribution in [2.45, 2.75) is 0 Å². The minimum Gasteiger partial charge on any atom is -0.497 e. The molecule has 0 amide bonds. The maximum Gasteiger partial charge on any atom is 0.160 e. The van der Waals surface area contributed by atoms with E-state index < -0.39 is 0 Å². The first-order valence-corrected chi connectivity index (χ1v) is 8.27. The van der Waals surface area contributed by atoms with Gasteiger partial charge < -0.3 is 9.47 Å². The zero-order valence-electron chi connectivity index (χ0n) is 14.0. The van der Waals surface area contributed by atoms with Gasteiger partial charge in [0.05, 0.1) is 30.5 Å². The Morgan fingerprint density at radius 3 is 2.27 bits per heavy atom. The van der Waals surface area contributed by atoms with Gasteiger partial charge in [-0.1, -0.05) is 23.2 Å². The Labute approximate surface area is 160 Å². The third-order valence-corrected chi connectivity index (χ3v) is 4.25. The molecule has 3 aromatic rings. The molecule has 0 aliphatic heterocycles. The monoisotopic (exact) mass is 385 g/mol. The minimum atomic E-state index is 0.313. The number of ether oxygens (including phenoxy) is 2. The van der Waals surface area contributed by atoms with Crippen molar-refractivity contribution in [3.63, 3.8) is 0 Å². The molecule has 0 aliphatic carbocycles. The number of methoxy groups -OCH3 is 2. The summed E-state index contributed by atoms with van der Waals surface area (Å²) < 4.78 is 10.6. The molecule has 0 saturated heterocycles. The predicted molar refractivity (Wildman–Crippen MR) is 101 cm³/mol. The highest BCUT2D eigenvalue weighted by atomic mass is 35.5. The van der Waals surface area contributed by atoms with Gasteiger partial charge in [-0.15, -0.1) is 0 Å². The maximum absolute atomic E-state index is 9.41. The van der Waals surface area contributed by atoms with Crippen LogP contribution in [-0.2, 0) is 0 Å². The summed E-state index contributed by atoms with van der Waals surface area (Å²) in [6.45, 7) is 0. The summed E-state index contributed by atoms with van der Waals surface area (Å²) in [5.74, 6) is 1.64. The summed E-state index contributed by atoms with van der Waals surface area (Å²) >= 11 is 12.3. The van der Waals surface area contributed by atoms with Gasteiger partial charge in [-0.2, -0.15) is 5.26 Å². The van der Waals surface area contributed by atoms with E-state index in [1.54, 1.807) is 50.6 Å². The van der Waals surface area contributed by atoms with Crippen molar-refractivity contribution in [1.82, 2.24) is 9.97 Å². The third kappa shape index (κ3) is 3.57. The first-order chi connectivity index (χ1) is 12.5. The van der Waals surface area contributed by atoms with Crippen LogP contribution in [0.1, 0.15) is 5.56 Å². The van der Waals surface area contributed by atoms with Crippen molar-refractivity contribution < 1.29 is 9.47 Å². The SMILES string of the molecule is COc1cc(OC)cc(-c2ncc(C#N)c(-c3ccc(Cl)cc3Cl)n2)c1. The molecule has 26 heavy (non-hydrogen) atoms. The molecule has 7 heteroatoms. The Morgan fingerprint density at radius 1 is 1.00 bits per heavy atom. The van der Waals surface area contributed by atoms with Crippen LogP contribution in [0, 0.1) is 11.3 Å². The second-order valence-corrected chi connectivity index (χ2v) is 6.14. The average molecular weight is 386 g/mol. The molecule has 0 spiro atoms. The second-order valence-electron chi connectivity index (χ2n) is 5.29. The number of benzene rings is 2. The van der Waals surface area contributed by atoms with Crippen LogP contribution in [0.2, 0.25) is 10.0 Å². The molecule has 0 radical (unpaired) electrons. The zero-order valence-corrected chi connectivity index (χ0v) is 15.5.